The van der Waals surface area contributed by atoms with Gasteiger partial charge in [0.25, 0.3) is 5.91 Å². The Hall–Kier alpha value is -4.07. The number of urea groups is 1. The number of hydrogen-bond donors (Lipinski definition) is 2. The Bertz CT molecular complexity index is 1370. The molecule has 0 saturated carbocycles. The zero-order valence-corrected chi connectivity index (χ0v) is 20.6. The first-order valence-electron chi connectivity index (χ1n) is 12.1. The number of fused-ring (bicyclic) bond motifs is 2. The maximum absolute atomic E-state index is 13.3. The van der Waals surface area contributed by atoms with E-state index in [2.05, 4.69) is 10.6 Å². The predicted octanol–water partition coefficient (Wildman–Crippen LogP) is 3.65. The van der Waals surface area contributed by atoms with Crippen LogP contribution >= 0.6 is 0 Å². The van der Waals surface area contributed by atoms with Gasteiger partial charge in [-0.1, -0.05) is 36.4 Å². The van der Waals surface area contributed by atoms with Crippen LogP contribution < -0.4 is 20.1 Å². The minimum absolute atomic E-state index is 0.0934. The molecule has 5 rings (SSSR count). The van der Waals surface area contributed by atoms with Crippen LogP contribution in [0.5, 0.6) is 11.5 Å². The Labute approximate surface area is 209 Å². The molecule has 0 bridgehead atoms. The fourth-order valence-electron chi connectivity index (χ4n) is 4.84. The van der Waals surface area contributed by atoms with Gasteiger partial charge in [0.15, 0.2) is 0 Å². The maximum Gasteiger partial charge on any atom is 0.325 e. The Morgan fingerprint density at radius 2 is 1.94 bits per heavy atom. The SMILES string of the molecule is CCOc1cc2c(cc1CNC(=O)CN1C(=O)N[C@](C)(c3ccc4ccccc4c3)C1=O)O[C@@H](C)C2. The van der Waals surface area contributed by atoms with E-state index < -0.39 is 23.4 Å². The van der Waals surface area contributed by atoms with E-state index in [9.17, 15) is 14.4 Å². The first kappa shape index (κ1) is 23.7. The molecule has 0 aliphatic carbocycles. The highest BCUT2D eigenvalue weighted by Crippen LogP contribution is 2.35. The number of nitrogens with one attached hydrogen (secondary N) is 2. The van der Waals surface area contributed by atoms with Gasteiger partial charge in [-0.15, -0.1) is 0 Å². The van der Waals surface area contributed by atoms with Crippen molar-refractivity contribution in [2.24, 2.45) is 0 Å². The van der Waals surface area contributed by atoms with Gasteiger partial charge in [0.1, 0.15) is 29.7 Å². The number of hydrogen-bond acceptors (Lipinski definition) is 5. The lowest BCUT2D eigenvalue weighted by Crippen LogP contribution is -2.43. The van der Waals surface area contributed by atoms with Crippen molar-refractivity contribution < 1.29 is 23.9 Å². The number of carbonyl (C=O) groups excluding carboxylic acids is 3. The van der Waals surface area contributed by atoms with Gasteiger partial charge in [0.2, 0.25) is 5.91 Å². The van der Waals surface area contributed by atoms with Crippen molar-refractivity contribution >= 4 is 28.6 Å². The highest BCUT2D eigenvalue weighted by Gasteiger charge is 2.49. The zero-order valence-electron chi connectivity index (χ0n) is 20.6. The van der Waals surface area contributed by atoms with Crippen LogP contribution in [0.15, 0.2) is 54.6 Å². The summed E-state index contributed by atoms with van der Waals surface area (Å²) in [4.78, 5) is 39.8. The molecule has 2 aliphatic heterocycles. The van der Waals surface area contributed by atoms with Crippen LogP contribution in [0, 0.1) is 0 Å². The van der Waals surface area contributed by atoms with Gasteiger partial charge >= 0.3 is 6.03 Å². The Kier molecular flexibility index (Phi) is 6.04. The fraction of sp³-hybridized carbons (Fsp3) is 0.321. The first-order valence-corrected chi connectivity index (χ1v) is 12.1. The van der Waals surface area contributed by atoms with E-state index in [0.29, 0.717) is 17.9 Å². The number of nitrogens with zero attached hydrogens (tertiary/aromatic N) is 1. The molecule has 3 aromatic rings. The van der Waals surface area contributed by atoms with Crippen LogP contribution in [0.3, 0.4) is 0 Å². The van der Waals surface area contributed by atoms with Gasteiger partial charge in [0.05, 0.1) is 6.61 Å². The number of amides is 4. The Morgan fingerprint density at radius 1 is 1.17 bits per heavy atom. The number of benzene rings is 3. The summed E-state index contributed by atoms with van der Waals surface area (Å²) in [6, 6.07) is 16.7. The minimum atomic E-state index is -1.25. The molecular weight excluding hydrogens is 458 g/mol. The average Bonchev–Trinajstić information content (AvgIpc) is 3.33. The Morgan fingerprint density at radius 3 is 2.72 bits per heavy atom. The standard InChI is InChI=1S/C28H29N3O5/c1-4-35-23-13-20-11-17(2)36-24(20)14-21(23)15-29-25(32)16-31-26(33)28(3,30-27(31)34)22-10-9-18-7-5-6-8-19(18)12-22/h5-10,12-14,17H,4,11,15-16H2,1-3H3,(H,29,32)(H,30,34)/t17-,28+/m0/s1. The summed E-state index contributed by atoms with van der Waals surface area (Å²) < 4.78 is 11.6. The number of carbonyl (C=O) groups is 3. The second kappa shape index (κ2) is 9.18. The van der Waals surface area contributed by atoms with E-state index in [1.807, 2.05) is 68.4 Å². The van der Waals surface area contributed by atoms with Crippen molar-refractivity contribution in [3.05, 3.63) is 71.3 Å². The Balaban J connectivity index is 1.28. The predicted molar refractivity (Wildman–Crippen MR) is 135 cm³/mol. The van der Waals surface area contributed by atoms with Crippen molar-refractivity contribution in [1.82, 2.24) is 15.5 Å². The van der Waals surface area contributed by atoms with E-state index >= 15 is 0 Å². The maximum atomic E-state index is 13.3. The zero-order chi connectivity index (χ0) is 25.4. The number of ether oxygens (including phenoxy) is 2. The molecule has 186 valence electrons. The molecule has 3 aromatic carbocycles. The van der Waals surface area contributed by atoms with Gasteiger partial charge in [-0.05, 0) is 55.3 Å². The summed E-state index contributed by atoms with van der Waals surface area (Å²) in [5.74, 6) is 0.565. The lowest BCUT2D eigenvalue weighted by atomic mass is 9.90. The monoisotopic (exact) mass is 487 g/mol. The molecule has 36 heavy (non-hydrogen) atoms. The van der Waals surface area contributed by atoms with Gasteiger partial charge < -0.3 is 20.1 Å². The van der Waals surface area contributed by atoms with Crippen LogP contribution in [0.25, 0.3) is 10.8 Å². The van der Waals surface area contributed by atoms with Gasteiger partial charge in [-0.2, -0.15) is 0 Å². The van der Waals surface area contributed by atoms with Crippen molar-refractivity contribution in [2.45, 2.75) is 45.4 Å². The van der Waals surface area contributed by atoms with Crippen LogP contribution in [-0.2, 0) is 28.1 Å². The molecular formula is C28H29N3O5. The normalized spacial score (nSPS) is 20.8. The molecule has 1 fully saturated rings. The topological polar surface area (TPSA) is 97.0 Å². The molecule has 1 saturated heterocycles. The molecule has 0 unspecified atom stereocenters. The van der Waals surface area contributed by atoms with Crippen LogP contribution in [0.4, 0.5) is 4.79 Å². The summed E-state index contributed by atoms with van der Waals surface area (Å²) in [7, 11) is 0. The minimum Gasteiger partial charge on any atom is -0.494 e. The molecule has 8 heteroatoms. The molecule has 2 N–H and O–H groups in total. The lowest BCUT2D eigenvalue weighted by molar-refractivity contribution is -0.134. The second-order valence-corrected chi connectivity index (χ2v) is 9.42. The molecule has 8 nitrogen and oxygen atoms in total. The molecule has 2 aliphatic rings. The summed E-state index contributed by atoms with van der Waals surface area (Å²) in [6.07, 6.45) is 0.903. The number of rotatable bonds is 7. The van der Waals surface area contributed by atoms with Crippen molar-refractivity contribution in [3.63, 3.8) is 0 Å². The van der Waals surface area contributed by atoms with E-state index in [1.54, 1.807) is 6.92 Å². The number of imide groups is 1. The first-order chi connectivity index (χ1) is 17.3. The highest BCUT2D eigenvalue weighted by molar-refractivity contribution is 6.09. The van der Waals surface area contributed by atoms with E-state index in [0.717, 1.165) is 39.0 Å². The third-order valence-corrected chi connectivity index (χ3v) is 6.76. The largest absolute Gasteiger partial charge is 0.494 e. The van der Waals surface area contributed by atoms with Gasteiger partial charge in [-0.3, -0.25) is 14.5 Å². The molecule has 4 amide bonds. The van der Waals surface area contributed by atoms with Crippen molar-refractivity contribution in [1.29, 1.82) is 0 Å². The average molecular weight is 488 g/mol. The van der Waals surface area contributed by atoms with E-state index in [4.69, 9.17) is 9.47 Å². The van der Waals surface area contributed by atoms with Crippen LogP contribution in [0.2, 0.25) is 0 Å². The molecule has 0 aromatic heterocycles. The quantitative estimate of drug-likeness (QED) is 0.496. The third kappa shape index (κ3) is 4.23. The van der Waals surface area contributed by atoms with Crippen LogP contribution in [-0.4, -0.2) is 42.0 Å². The molecule has 2 heterocycles. The lowest BCUT2D eigenvalue weighted by Gasteiger charge is -2.22. The third-order valence-electron chi connectivity index (χ3n) is 6.76. The summed E-state index contributed by atoms with van der Waals surface area (Å²) in [6.45, 7) is 5.87. The van der Waals surface area contributed by atoms with E-state index in [-0.39, 0.29) is 19.2 Å². The highest BCUT2D eigenvalue weighted by atomic mass is 16.5. The van der Waals surface area contributed by atoms with E-state index in [1.165, 1.54) is 0 Å². The van der Waals surface area contributed by atoms with Crippen molar-refractivity contribution in [2.75, 3.05) is 13.2 Å². The molecule has 2 atom stereocenters. The summed E-state index contributed by atoms with van der Waals surface area (Å²) >= 11 is 0. The molecule has 0 radical (unpaired) electrons. The van der Waals surface area contributed by atoms with Crippen molar-refractivity contribution in [3.8, 4) is 11.5 Å². The van der Waals surface area contributed by atoms with Crippen LogP contribution in [0.1, 0.15) is 37.5 Å². The van der Waals surface area contributed by atoms with Gasteiger partial charge in [0, 0.05) is 24.1 Å². The molecule has 0 spiro atoms. The smallest absolute Gasteiger partial charge is 0.325 e. The fourth-order valence-corrected chi connectivity index (χ4v) is 4.84. The summed E-state index contributed by atoms with van der Waals surface area (Å²) in [5, 5.41) is 7.58. The second-order valence-electron chi connectivity index (χ2n) is 9.42. The van der Waals surface area contributed by atoms with Gasteiger partial charge in [-0.25, -0.2) is 4.79 Å². The summed E-state index contributed by atoms with van der Waals surface area (Å²) in [5.41, 5.74) is 1.26.